The number of nitrogens with zero attached hydrogens (tertiary/aromatic N) is 1. The lowest BCUT2D eigenvalue weighted by atomic mass is 10.2. The Morgan fingerprint density at radius 3 is 2.40 bits per heavy atom. The van der Waals surface area contributed by atoms with Crippen molar-refractivity contribution in [2.24, 2.45) is 0 Å². The highest BCUT2D eigenvalue weighted by Crippen LogP contribution is 2.41. The second-order valence-electron chi connectivity index (χ2n) is 4.46. The first kappa shape index (κ1) is 13.6. The van der Waals surface area contributed by atoms with Crippen molar-refractivity contribution in [3.8, 4) is 0 Å². The van der Waals surface area contributed by atoms with Gasteiger partial charge in [-0.05, 0) is 42.0 Å². The molecule has 1 amide bonds. The third kappa shape index (κ3) is 2.60. The van der Waals surface area contributed by atoms with E-state index in [4.69, 9.17) is 0 Å². The molecule has 1 heterocycles. The minimum absolute atomic E-state index is 0.0505. The Morgan fingerprint density at radius 1 is 1.10 bits per heavy atom. The third-order valence-corrected chi connectivity index (χ3v) is 4.87. The largest absolute Gasteiger partial charge is 0.295 e. The molecule has 102 valence electrons. The molecule has 0 N–H and O–H groups in total. The van der Waals surface area contributed by atoms with Crippen molar-refractivity contribution in [1.29, 1.82) is 0 Å². The summed E-state index contributed by atoms with van der Waals surface area (Å²) in [6.07, 6.45) is 0. The molecule has 20 heavy (non-hydrogen) atoms. The predicted molar refractivity (Wildman–Crippen MR) is 83.2 cm³/mol. The monoisotopic (exact) mass is 351 g/mol. The maximum atomic E-state index is 13.0. The van der Waals surface area contributed by atoms with Crippen molar-refractivity contribution in [3.63, 3.8) is 0 Å². The van der Waals surface area contributed by atoms with Crippen molar-refractivity contribution in [1.82, 2.24) is 0 Å². The SMILES string of the molecule is O=C1CS[C@H](c2ccc(Br)cc2)N1c1ccc(F)cc1. The number of hydrogen-bond donors (Lipinski definition) is 0. The number of carbonyl (C=O) groups is 1. The van der Waals surface area contributed by atoms with E-state index in [-0.39, 0.29) is 17.1 Å². The number of benzene rings is 2. The van der Waals surface area contributed by atoms with Gasteiger partial charge in [0.05, 0.1) is 5.75 Å². The van der Waals surface area contributed by atoms with Crippen LogP contribution in [0.2, 0.25) is 0 Å². The van der Waals surface area contributed by atoms with E-state index in [1.165, 1.54) is 12.1 Å². The van der Waals surface area contributed by atoms with Crippen LogP contribution in [0.15, 0.2) is 53.0 Å². The van der Waals surface area contributed by atoms with Gasteiger partial charge < -0.3 is 0 Å². The van der Waals surface area contributed by atoms with Gasteiger partial charge in [-0.25, -0.2) is 4.39 Å². The predicted octanol–water partition coefficient (Wildman–Crippen LogP) is 4.37. The van der Waals surface area contributed by atoms with Crippen molar-refractivity contribution >= 4 is 39.3 Å². The van der Waals surface area contributed by atoms with E-state index in [1.807, 2.05) is 24.3 Å². The Kier molecular flexibility index (Phi) is 3.81. The van der Waals surface area contributed by atoms with E-state index in [0.717, 1.165) is 15.7 Å². The Morgan fingerprint density at radius 2 is 1.75 bits per heavy atom. The summed E-state index contributed by atoms with van der Waals surface area (Å²) in [4.78, 5) is 13.8. The Hall–Kier alpha value is -1.33. The third-order valence-electron chi connectivity index (χ3n) is 3.13. The molecule has 5 heteroatoms. The summed E-state index contributed by atoms with van der Waals surface area (Å²) in [5.41, 5.74) is 1.79. The second-order valence-corrected chi connectivity index (χ2v) is 6.44. The van der Waals surface area contributed by atoms with Crippen LogP contribution < -0.4 is 4.90 Å². The van der Waals surface area contributed by atoms with Gasteiger partial charge in [0, 0.05) is 10.2 Å². The zero-order valence-corrected chi connectivity index (χ0v) is 12.8. The fourth-order valence-electron chi connectivity index (χ4n) is 2.18. The van der Waals surface area contributed by atoms with Crippen LogP contribution in [0.25, 0.3) is 0 Å². The number of carbonyl (C=O) groups excluding carboxylic acids is 1. The molecule has 1 aliphatic heterocycles. The van der Waals surface area contributed by atoms with Crippen LogP contribution in [0.3, 0.4) is 0 Å². The molecule has 0 aromatic heterocycles. The fourth-order valence-corrected chi connectivity index (χ4v) is 3.62. The van der Waals surface area contributed by atoms with Gasteiger partial charge in [-0.15, -0.1) is 11.8 Å². The summed E-state index contributed by atoms with van der Waals surface area (Å²) >= 11 is 4.99. The Labute approximate surface area is 129 Å². The van der Waals surface area contributed by atoms with Crippen molar-refractivity contribution in [2.45, 2.75) is 5.37 Å². The van der Waals surface area contributed by atoms with Crippen molar-refractivity contribution in [3.05, 3.63) is 64.4 Å². The first-order valence-electron chi connectivity index (χ1n) is 6.10. The van der Waals surface area contributed by atoms with Crippen molar-refractivity contribution in [2.75, 3.05) is 10.7 Å². The molecular formula is C15H11BrFNOS. The quantitative estimate of drug-likeness (QED) is 0.800. The highest BCUT2D eigenvalue weighted by molar-refractivity contribution is 9.10. The Balaban J connectivity index is 1.96. The number of anilines is 1. The van der Waals surface area contributed by atoms with Crippen LogP contribution in [-0.2, 0) is 4.79 Å². The molecule has 0 spiro atoms. The minimum Gasteiger partial charge on any atom is -0.295 e. The molecule has 2 aromatic carbocycles. The Bertz CT molecular complexity index is 629. The summed E-state index contributed by atoms with van der Waals surface area (Å²) in [7, 11) is 0. The molecule has 1 saturated heterocycles. The second kappa shape index (κ2) is 5.58. The molecular weight excluding hydrogens is 341 g/mol. The zero-order valence-electron chi connectivity index (χ0n) is 10.4. The van der Waals surface area contributed by atoms with Gasteiger partial charge >= 0.3 is 0 Å². The standard InChI is InChI=1S/C15H11BrFNOS/c16-11-3-1-10(2-4-11)15-18(14(19)9-20-15)13-7-5-12(17)6-8-13/h1-8,15H,9H2/t15-/m1/s1. The molecule has 0 unspecified atom stereocenters. The first-order valence-corrected chi connectivity index (χ1v) is 7.94. The number of thioether (sulfide) groups is 1. The molecule has 2 nitrogen and oxygen atoms in total. The molecule has 0 saturated carbocycles. The van der Waals surface area contributed by atoms with E-state index in [2.05, 4.69) is 15.9 Å². The molecule has 1 fully saturated rings. The number of halogens is 2. The highest BCUT2D eigenvalue weighted by Gasteiger charge is 2.33. The maximum Gasteiger partial charge on any atom is 0.238 e. The smallest absolute Gasteiger partial charge is 0.238 e. The summed E-state index contributed by atoms with van der Waals surface area (Å²) < 4.78 is 14.0. The van der Waals surface area contributed by atoms with Crippen LogP contribution in [0.4, 0.5) is 10.1 Å². The lowest BCUT2D eigenvalue weighted by molar-refractivity contribution is -0.115. The summed E-state index contributed by atoms with van der Waals surface area (Å²) in [6.45, 7) is 0. The average Bonchev–Trinajstić information content (AvgIpc) is 2.83. The normalized spacial score (nSPS) is 18.6. The van der Waals surface area contributed by atoms with Crippen LogP contribution in [0, 0.1) is 5.82 Å². The molecule has 1 atom stereocenters. The van der Waals surface area contributed by atoms with Crippen LogP contribution >= 0.6 is 27.7 Å². The van der Waals surface area contributed by atoms with Crippen LogP contribution in [0.1, 0.15) is 10.9 Å². The number of amides is 1. The fraction of sp³-hybridized carbons (Fsp3) is 0.133. The van der Waals surface area contributed by atoms with Crippen LogP contribution in [-0.4, -0.2) is 11.7 Å². The lowest BCUT2D eigenvalue weighted by Gasteiger charge is -2.24. The molecule has 0 bridgehead atoms. The minimum atomic E-state index is -0.298. The van der Waals surface area contributed by atoms with E-state index in [1.54, 1.807) is 28.8 Å². The van der Waals surface area contributed by atoms with Gasteiger partial charge in [0.1, 0.15) is 11.2 Å². The van der Waals surface area contributed by atoms with Gasteiger partial charge in [0.2, 0.25) is 5.91 Å². The van der Waals surface area contributed by atoms with Gasteiger partial charge in [-0.1, -0.05) is 28.1 Å². The maximum absolute atomic E-state index is 13.0. The van der Waals surface area contributed by atoms with E-state index in [9.17, 15) is 9.18 Å². The summed E-state index contributed by atoms with van der Waals surface area (Å²) in [6, 6.07) is 14.0. The molecule has 2 aromatic rings. The van der Waals surface area contributed by atoms with E-state index in [0.29, 0.717) is 5.75 Å². The van der Waals surface area contributed by atoms with Crippen LogP contribution in [0.5, 0.6) is 0 Å². The molecule has 0 aliphatic carbocycles. The molecule has 0 radical (unpaired) electrons. The lowest BCUT2D eigenvalue weighted by Crippen LogP contribution is -2.27. The first-order chi connectivity index (χ1) is 9.65. The zero-order chi connectivity index (χ0) is 14.1. The van der Waals surface area contributed by atoms with E-state index >= 15 is 0 Å². The summed E-state index contributed by atoms with van der Waals surface area (Å²) in [5.74, 6) is 0.195. The topological polar surface area (TPSA) is 20.3 Å². The van der Waals surface area contributed by atoms with Gasteiger partial charge in [0.15, 0.2) is 0 Å². The molecule has 1 aliphatic rings. The van der Waals surface area contributed by atoms with Gasteiger partial charge in [-0.2, -0.15) is 0 Å². The number of hydrogen-bond acceptors (Lipinski definition) is 2. The summed E-state index contributed by atoms with van der Waals surface area (Å²) in [5, 5.41) is -0.0546. The highest BCUT2D eigenvalue weighted by atomic mass is 79.9. The van der Waals surface area contributed by atoms with E-state index < -0.39 is 0 Å². The average molecular weight is 352 g/mol. The van der Waals surface area contributed by atoms with Crippen molar-refractivity contribution < 1.29 is 9.18 Å². The van der Waals surface area contributed by atoms with Gasteiger partial charge in [0.25, 0.3) is 0 Å². The number of rotatable bonds is 2. The molecule has 3 rings (SSSR count). The van der Waals surface area contributed by atoms with Gasteiger partial charge in [-0.3, -0.25) is 9.69 Å².